The first kappa shape index (κ1) is 14.1. The van der Waals surface area contributed by atoms with Crippen molar-refractivity contribution in [1.29, 1.82) is 0 Å². The Bertz CT molecular complexity index is 600. The Kier molecular flexibility index (Phi) is 3.92. The van der Waals surface area contributed by atoms with Crippen molar-refractivity contribution in [2.75, 3.05) is 13.7 Å². The van der Waals surface area contributed by atoms with Crippen LogP contribution >= 0.6 is 0 Å². The predicted octanol–water partition coefficient (Wildman–Crippen LogP) is 2.65. The number of methoxy groups -OCH3 is 1. The maximum absolute atomic E-state index is 12.6. The molecule has 1 aliphatic heterocycles. The number of amides is 1. The molecular weight excluding hydrogens is 266 g/mol. The lowest BCUT2D eigenvalue weighted by Gasteiger charge is -2.26. The number of aromatic amines is 1. The van der Waals surface area contributed by atoms with Gasteiger partial charge in [0.15, 0.2) is 0 Å². The van der Waals surface area contributed by atoms with Gasteiger partial charge in [-0.15, -0.1) is 0 Å². The van der Waals surface area contributed by atoms with Crippen LogP contribution in [-0.4, -0.2) is 40.5 Å². The first-order chi connectivity index (χ1) is 10.2. The molecule has 2 aromatic rings. The molecule has 2 atom stereocenters. The summed E-state index contributed by atoms with van der Waals surface area (Å²) >= 11 is 0. The molecule has 2 heterocycles. The van der Waals surface area contributed by atoms with E-state index in [1.54, 1.807) is 7.11 Å². The van der Waals surface area contributed by atoms with Crippen LogP contribution in [0.25, 0.3) is 11.0 Å². The molecule has 2 unspecified atom stereocenters. The third-order valence-electron chi connectivity index (χ3n) is 4.19. The van der Waals surface area contributed by atoms with Crippen molar-refractivity contribution in [1.82, 2.24) is 14.9 Å². The predicted molar refractivity (Wildman–Crippen MR) is 80.9 cm³/mol. The van der Waals surface area contributed by atoms with Crippen LogP contribution in [0.3, 0.4) is 0 Å². The fourth-order valence-corrected chi connectivity index (χ4v) is 3.07. The maximum atomic E-state index is 12.6. The highest BCUT2D eigenvalue weighted by Crippen LogP contribution is 2.32. The third kappa shape index (κ3) is 2.53. The van der Waals surface area contributed by atoms with E-state index in [0.29, 0.717) is 6.42 Å². The molecule has 21 heavy (non-hydrogen) atoms. The van der Waals surface area contributed by atoms with Gasteiger partial charge in [-0.3, -0.25) is 4.79 Å². The minimum absolute atomic E-state index is 0.0362. The molecule has 1 aliphatic rings. The zero-order chi connectivity index (χ0) is 14.8. The smallest absolute Gasteiger partial charge is 0.252 e. The number of likely N-dealkylation sites (tertiary alicyclic amines) is 1. The molecule has 5 nitrogen and oxygen atoms in total. The van der Waals surface area contributed by atoms with E-state index in [2.05, 4.69) is 9.97 Å². The van der Waals surface area contributed by atoms with Gasteiger partial charge in [0.25, 0.3) is 5.91 Å². The van der Waals surface area contributed by atoms with Crippen LogP contribution in [0.5, 0.6) is 0 Å². The normalized spacial score (nSPS) is 20.1. The molecule has 3 rings (SSSR count). The molecule has 112 valence electrons. The van der Waals surface area contributed by atoms with Gasteiger partial charge in [0, 0.05) is 13.7 Å². The van der Waals surface area contributed by atoms with Crippen molar-refractivity contribution >= 4 is 16.9 Å². The lowest BCUT2D eigenvalue weighted by Crippen LogP contribution is -2.39. The van der Waals surface area contributed by atoms with E-state index in [0.717, 1.165) is 36.2 Å². The van der Waals surface area contributed by atoms with Gasteiger partial charge in [0.2, 0.25) is 0 Å². The number of fused-ring (bicyclic) bond motifs is 1. The third-order valence-corrected chi connectivity index (χ3v) is 4.19. The molecule has 1 saturated heterocycles. The number of hydrogen-bond donors (Lipinski definition) is 1. The average molecular weight is 287 g/mol. The second-order valence-corrected chi connectivity index (χ2v) is 5.46. The van der Waals surface area contributed by atoms with Gasteiger partial charge in [0.05, 0.1) is 17.1 Å². The van der Waals surface area contributed by atoms with Crippen LogP contribution in [0.15, 0.2) is 24.3 Å². The first-order valence-corrected chi connectivity index (χ1v) is 7.52. The number of rotatable bonds is 4. The number of benzene rings is 1. The number of nitrogens with zero attached hydrogens (tertiary/aromatic N) is 2. The highest BCUT2D eigenvalue weighted by Gasteiger charge is 2.35. The summed E-state index contributed by atoms with van der Waals surface area (Å²) in [6.07, 6.45) is 2.30. The number of para-hydroxylation sites is 2. The summed E-state index contributed by atoms with van der Waals surface area (Å²) in [7, 11) is 1.60. The molecule has 1 amide bonds. The Balaban J connectivity index is 1.88. The number of aromatic nitrogens is 2. The van der Waals surface area contributed by atoms with Crippen LogP contribution in [-0.2, 0) is 9.53 Å². The Labute approximate surface area is 124 Å². The van der Waals surface area contributed by atoms with E-state index in [-0.39, 0.29) is 18.1 Å². The summed E-state index contributed by atoms with van der Waals surface area (Å²) in [4.78, 5) is 22.5. The van der Waals surface area contributed by atoms with Crippen molar-refractivity contribution in [2.45, 2.75) is 38.3 Å². The Morgan fingerprint density at radius 2 is 2.33 bits per heavy atom. The van der Waals surface area contributed by atoms with Gasteiger partial charge in [-0.05, 0) is 31.4 Å². The number of H-pyrrole nitrogens is 1. The van der Waals surface area contributed by atoms with Crippen LogP contribution in [0.2, 0.25) is 0 Å². The summed E-state index contributed by atoms with van der Waals surface area (Å²) in [6, 6.07) is 7.99. The van der Waals surface area contributed by atoms with Gasteiger partial charge in [-0.2, -0.15) is 0 Å². The standard InChI is InChI=1S/C16H21N3O2/c1-3-14(21-2)16(20)19-10-6-9-13(19)15-17-11-7-4-5-8-12(11)18-15/h4-5,7-8,13-14H,3,6,9-10H2,1-2H3,(H,17,18). The van der Waals surface area contributed by atoms with Gasteiger partial charge in [-0.25, -0.2) is 4.98 Å². The number of hydrogen-bond acceptors (Lipinski definition) is 3. The van der Waals surface area contributed by atoms with Crippen LogP contribution < -0.4 is 0 Å². The fraction of sp³-hybridized carbons (Fsp3) is 0.500. The highest BCUT2D eigenvalue weighted by molar-refractivity contribution is 5.82. The molecule has 1 N–H and O–H groups in total. The number of nitrogens with one attached hydrogen (secondary N) is 1. The van der Waals surface area contributed by atoms with Crippen LogP contribution in [0.1, 0.15) is 38.1 Å². The number of carbonyl (C=O) groups excluding carboxylic acids is 1. The Morgan fingerprint density at radius 3 is 3.05 bits per heavy atom. The second-order valence-electron chi connectivity index (χ2n) is 5.46. The maximum Gasteiger partial charge on any atom is 0.252 e. The number of ether oxygens (including phenoxy) is 1. The summed E-state index contributed by atoms with van der Waals surface area (Å²) in [6.45, 7) is 2.75. The van der Waals surface area contributed by atoms with E-state index in [4.69, 9.17) is 4.74 Å². The molecule has 0 saturated carbocycles. The zero-order valence-electron chi connectivity index (χ0n) is 12.5. The van der Waals surface area contributed by atoms with Crippen molar-refractivity contribution in [3.05, 3.63) is 30.1 Å². The molecule has 0 spiro atoms. The van der Waals surface area contributed by atoms with Gasteiger partial charge in [0.1, 0.15) is 11.9 Å². The quantitative estimate of drug-likeness (QED) is 0.940. The SMILES string of the molecule is CCC(OC)C(=O)N1CCCC1c1nc2ccccc2[nH]1. The molecule has 0 radical (unpaired) electrons. The lowest BCUT2D eigenvalue weighted by atomic mass is 10.2. The summed E-state index contributed by atoms with van der Waals surface area (Å²) < 4.78 is 5.29. The fourth-order valence-electron chi connectivity index (χ4n) is 3.07. The molecule has 0 bridgehead atoms. The molecule has 1 fully saturated rings. The van der Waals surface area contributed by atoms with E-state index in [1.165, 1.54) is 0 Å². The van der Waals surface area contributed by atoms with Crippen molar-refractivity contribution in [3.8, 4) is 0 Å². The van der Waals surface area contributed by atoms with E-state index in [1.807, 2.05) is 36.1 Å². The minimum atomic E-state index is -0.352. The highest BCUT2D eigenvalue weighted by atomic mass is 16.5. The zero-order valence-corrected chi connectivity index (χ0v) is 12.5. The summed E-state index contributed by atoms with van der Waals surface area (Å²) in [5, 5.41) is 0. The van der Waals surface area contributed by atoms with Crippen molar-refractivity contribution < 1.29 is 9.53 Å². The lowest BCUT2D eigenvalue weighted by molar-refractivity contribution is -0.143. The van der Waals surface area contributed by atoms with Crippen molar-refractivity contribution in [3.63, 3.8) is 0 Å². The van der Waals surface area contributed by atoms with Gasteiger partial charge >= 0.3 is 0 Å². The van der Waals surface area contributed by atoms with E-state index < -0.39 is 0 Å². The minimum Gasteiger partial charge on any atom is -0.372 e. The topological polar surface area (TPSA) is 58.2 Å². The number of imidazole rings is 1. The molecular formula is C16H21N3O2. The molecule has 5 heteroatoms. The van der Waals surface area contributed by atoms with Crippen LogP contribution in [0, 0.1) is 0 Å². The van der Waals surface area contributed by atoms with E-state index in [9.17, 15) is 4.79 Å². The Morgan fingerprint density at radius 1 is 1.52 bits per heavy atom. The average Bonchev–Trinajstić information content (AvgIpc) is 3.14. The largest absolute Gasteiger partial charge is 0.372 e. The second kappa shape index (κ2) is 5.85. The summed E-state index contributed by atoms with van der Waals surface area (Å²) in [5.41, 5.74) is 1.97. The first-order valence-electron chi connectivity index (χ1n) is 7.52. The molecule has 0 aliphatic carbocycles. The van der Waals surface area contributed by atoms with Gasteiger partial charge in [-0.1, -0.05) is 19.1 Å². The van der Waals surface area contributed by atoms with Crippen molar-refractivity contribution in [2.24, 2.45) is 0 Å². The molecule has 1 aromatic carbocycles. The van der Waals surface area contributed by atoms with E-state index >= 15 is 0 Å². The van der Waals surface area contributed by atoms with Gasteiger partial charge < -0.3 is 14.6 Å². The monoisotopic (exact) mass is 287 g/mol. The Hall–Kier alpha value is -1.88. The summed E-state index contributed by atoms with van der Waals surface area (Å²) in [5.74, 6) is 0.955. The van der Waals surface area contributed by atoms with Crippen LogP contribution in [0.4, 0.5) is 0 Å². The number of carbonyl (C=O) groups is 1. The molecule has 1 aromatic heterocycles.